The van der Waals surface area contributed by atoms with Gasteiger partial charge in [0, 0.05) is 16.9 Å². The molecule has 170 valence electrons. The van der Waals surface area contributed by atoms with Crippen molar-refractivity contribution in [2.45, 2.75) is 17.7 Å². The van der Waals surface area contributed by atoms with Crippen molar-refractivity contribution in [3.63, 3.8) is 0 Å². The molecular formula is C22H24N2O6S2. The van der Waals surface area contributed by atoms with Gasteiger partial charge in [0.05, 0.1) is 51.0 Å². The third-order valence-corrected chi connectivity index (χ3v) is 8.68. The molecule has 2 aromatic carbocycles. The Balaban J connectivity index is 1.72. The number of fused-ring (bicyclic) bond motifs is 1. The summed E-state index contributed by atoms with van der Waals surface area (Å²) in [5, 5.41) is 0.245. The lowest BCUT2D eigenvalue weighted by Crippen LogP contribution is -2.38. The Morgan fingerprint density at radius 1 is 1.06 bits per heavy atom. The summed E-state index contributed by atoms with van der Waals surface area (Å²) in [6, 6.07) is 12.2. The van der Waals surface area contributed by atoms with Gasteiger partial charge in [-0.1, -0.05) is 30.0 Å². The highest BCUT2D eigenvalue weighted by Crippen LogP contribution is 2.45. The molecule has 4 rings (SSSR count). The van der Waals surface area contributed by atoms with Crippen molar-refractivity contribution >= 4 is 38.4 Å². The van der Waals surface area contributed by atoms with Crippen LogP contribution in [0.2, 0.25) is 0 Å². The molecule has 2 fully saturated rings. The number of thioether (sulfide) groups is 1. The maximum Gasteiger partial charge on any atom is 0.252 e. The number of carbonyl (C=O) groups excluding carboxylic acids is 1. The number of para-hydroxylation sites is 1. The minimum Gasteiger partial charge on any atom is -0.497 e. The minimum absolute atomic E-state index is 0.00918. The summed E-state index contributed by atoms with van der Waals surface area (Å²) in [5.41, 5.74) is 1.36. The highest BCUT2D eigenvalue weighted by Gasteiger charge is 2.50. The number of benzene rings is 2. The molecule has 0 N–H and O–H groups in total. The van der Waals surface area contributed by atoms with Crippen LogP contribution in [0.3, 0.4) is 0 Å². The zero-order chi connectivity index (χ0) is 22.9. The maximum absolute atomic E-state index is 12.9. The van der Waals surface area contributed by atoms with Crippen LogP contribution in [0, 0.1) is 0 Å². The van der Waals surface area contributed by atoms with Gasteiger partial charge in [-0.05, 0) is 18.2 Å². The first-order valence-electron chi connectivity index (χ1n) is 9.97. The van der Waals surface area contributed by atoms with Gasteiger partial charge in [-0.15, -0.1) is 0 Å². The van der Waals surface area contributed by atoms with Crippen LogP contribution in [-0.4, -0.2) is 63.6 Å². The Hall–Kier alpha value is -2.72. The molecule has 0 saturated carbocycles. The topological polar surface area (TPSA) is 94.5 Å². The predicted molar refractivity (Wildman–Crippen MR) is 125 cm³/mol. The lowest BCUT2D eigenvalue weighted by atomic mass is 10.1. The van der Waals surface area contributed by atoms with Gasteiger partial charge in [0.2, 0.25) is 0 Å². The first-order chi connectivity index (χ1) is 15.3. The van der Waals surface area contributed by atoms with Crippen LogP contribution in [0.4, 0.5) is 5.69 Å². The minimum atomic E-state index is -3.18. The molecule has 2 saturated heterocycles. The average molecular weight is 477 g/mol. The van der Waals surface area contributed by atoms with Gasteiger partial charge in [0.15, 0.2) is 15.0 Å². The molecule has 2 heterocycles. The zero-order valence-electron chi connectivity index (χ0n) is 18.0. The molecule has 0 radical (unpaired) electrons. The highest BCUT2D eigenvalue weighted by molar-refractivity contribution is 8.16. The molecule has 8 nitrogen and oxygen atoms in total. The Bertz CT molecular complexity index is 1160. The first kappa shape index (κ1) is 22.5. The fraction of sp³-hybridized carbons (Fsp3) is 0.364. The van der Waals surface area contributed by atoms with E-state index < -0.39 is 9.84 Å². The lowest BCUT2D eigenvalue weighted by molar-refractivity contribution is -0.117. The van der Waals surface area contributed by atoms with E-state index >= 15 is 0 Å². The number of nitrogens with zero attached hydrogens (tertiary/aromatic N) is 2. The van der Waals surface area contributed by atoms with Crippen LogP contribution < -0.4 is 19.1 Å². The molecule has 2 aliphatic rings. The van der Waals surface area contributed by atoms with E-state index in [0.29, 0.717) is 28.1 Å². The maximum atomic E-state index is 12.9. The Kier molecular flexibility index (Phi) is 6.34. The Labute approximate surface area is 191 Å². The van der Waals surface area contributed by atoms with E-state index in [1.54, 1.807) is 50.5 Å². The van der Waals surface area contributed by atoms with Crippen molar-refractivity contribution < 1.29 is 27.4 Å². The lowest BCUT2D eigenvalue weighted by Gasteiger charge is -2.26. The number of ether oxygens (including phenoxy) is 3. The Morgan fingerprint density at radius 3 is 2.53 bits per heavy atom. The molecule has 0 aliphatic carbocycles. The summed E-state index contributed by atoms with van der Waals surface area (Å²) in [7, 11) is 1.47. The molecule has 10 heteroatoms. The van der Waals surface area contributed by atoms with E-state index in [0.717, 1.165) is 5.56 Å². The number of aliphatic imine (C=N–C) groups is 1. The van der Waals surface area contributed by atoms with Gasteiger partial charge in [0.1, 0.15) is 17.2 Å². The van der Waals surface area contributed by atoms with E-state index in [4.69, 9.17) is 14.2 Å². The largest absolute Gasteiger partial charge is 0.497 e. The molecule has 32 heavy (non-hydrogen) atoms. The van der Waals surface area contributed by atoms with E-state index in [1.807, 2.05) is 18.2 Å². The third kappa shape index (κ3) is 4.42. The number of anilines is 1. The van der Waals surface area contributed by atoms with Crippen LogP contribution >= 0.6 is 11.8 Å². The van der Waals surface area contributed by atoms with Crippen LogP contribution in [-0.2, 0) is 21.1 Å². The Morgan fingerprint density at radius 2 is 1.81 bits per heavy atom. The van der Waals surface area contributed by atoms with Crippen LogP contribution in [0.5, 0.6) is 17.2 Å². The van der Waals surface area contributed by atoms with Gasteiger partial charge in [-0.3, -0.25) is 4.79 Å². The summed E-state index contributed by atoms with van der Waals surface area (Å²) < 4.78 is 40.9. The molecule has 0 spiro atoms. The number of carbonyl (C=O) groups is 1. The monoisotopic (exact) mass is 476 g/mol. The van der Waals surface area contributed by atoms with Gasteiger partial charge >= 0.3 is 0 Å². The molecular weight excluding hydrogens is 452 g/mol. The second-order valence-electron chi connectivity index (χ2n) is 7.49. The van der Waals surface area contributed by atoms with Crippen molar-refractivity contribution in [1.29, 1.82) is 0 Å². The fourth-order valence-corrected chi connectivity index (χ4v) is 7.91. The number of sulfone groups is 1. The highest BCUT2D eigenvalue weighted by atomic mass is 32.2. The summed E-state index contributed by atoms with van der Waals surface area (Å²) in [6.07, 6.45) is 0.0742. The van der Waals surface area contributed by atoms with E-state index in [1.165, 1.54) is 11.8 Å². The van der Waals surface area contributed by atoms with Crippen molar-refractivity contribution in [3.8, 4) is 17.2 Å². The van der Waals surface area contributed by atoms with Crippen molar-refractivity contribution in [2.24, 2.45) is 4.99 Å². The standard InChI is InChI=1S/C22H24N2O6S2/c1-28-15-8-9-19(30-3)16(11-15)24-17-12-32(26,27)13-20(17)31-22(24)23-21(25)10-14-6-4-5-7-18(14)29-2/h4-9,11,17,20H,10,12-13H2,1-3H3/t17-,20-/m0/s1. The summed E-state index contributed by atoms with van der Waals surface area (Å²) in [5.74, 6) is 1.45. The molecule has 2 aromatic rings. The summed E-state index contributed by atoms with van der Waals surface area (Å²) in [6.45, 7) is 0. The van der Waals surface area contributed by atoms with E-state index in [2.05, 4.69) is 4.99 Å². The summed E-state index contributed by atoms with van der Waals surface area (Å²) in [4.78, 5) is 19.1. The van der Waals surface area contributed by atoms with E-state index in [9.17, 15) is 13.2 Å². The predicted octanol–water partition coefficient (Wildman–Crippen LogP) is 2.56. The van der Waals surface area contributed by atoms with Crippen LogP contribution in [0.1, 0.15) is 5.56 Å². The number of hydrogen-bond acceptors (Lipinski definition) is 7. The molecule has 2 aliphatic heterocycles. The van der Waals surface area contributed by atoms with E-state index in [-0.39, 0.29) is 35.1 Å². The molecule has 1 amide bonds. The second kappa shape index (κ2) is 9.03. The molecule has 0 aromatic heterocycles. The van der Waals surface area contributed by atoms with Crippen molar-refractivity contribution in [1.82, 2.24) is 0 Å². The smallest absolute Gasteiger partial charge is 0.252 e. The SMILES string of the molecule is COc1ccc(OC)c(N2C(=NC(=O)Cc3ccccc3OC)S[C@H]3CS(=O)(=O)C[C@@H]32)c1. The quantitative estimate of drug-likeness (QED) is 0.628. The van der Waals surface area contributed by atoms with Crippen LogP contribution in [0.15, 0.2) is 47.5 Å². The number of methoxy groups -OCH3 is 3. The zero-order valence-corrected chi connectivity index (χ0v) is 19.6. The number of amides is 1. The summed E-state index contributed by atoms with van der Waals surface area (Å²) >= 11 is 1.32. The van der Waals surface area contributed by atoms with Gasteiger partial charge in [0.25, 0.3) is 5.91 Å². The number of rotatable bonds is 6. The number of hydrogen-bond donors (Lipinski definition) is 0. The number of amidine groups is 1. The first-order valence-corrected chi connectivity index (χ1v) is 12.7. The molecule has 2 atom stereocenters. The van der Waals surface area contributed by atoms with Crippen LogP contribution in [0.25, 0.3) is 0 Å². The third-order valence-electron chi connectivity index (χ3n) is 5.47. The molecule has 0 bridgehead atoms. The molecule has 0 unspecified atom stereocenters. The normalized spacial score (nSPS) is 22.6. The van der Waals surface area contributed by atoms with Crippen molar-refractivity contribution in [3.05, 3.63) is 48.0 Å². The van der Waals surface area contributed by atoms with Gasteiger partial charge < -0.3 is 19.1 Å². The average Bonchev–Trinajstić information content (AvgIpc) is 3.24. The fourth-order valence-electron chi connectivity index (χ4n) is 3.99. The second-order valence-corrected chi connectivity index (χ2v) is 10.8. The van der Waals surface area contributed by atoms with Gasteiger partial charge in [-0.25, -0.2) is 8.42 Å². The van der Waals surface area contributed by atoms with Crippen molar-refractivity contribution in [2.75, 3.05) is 37.7 Å². The van der Waals surface area contributed by atoms with Gasteiger partial charge in [-0.2, -0.15) is 4.99 Å².